The average molecular weight is 1660 g/mol. The Morgan fingerprint density at radius 2 is 1.23 bits per heavy atom. The number of nitrogens with zero attached hydrogens (tertiary/aromatic N) is 2. The van der Waals surface area contributed by atoms with Crippen molar-refractivity contribution < 1.29 is 131 Å². The molecule has 2 saturated heterocycles. The normalized spacial score (nSPS) is 23.6. The van der Waals surface area contributed by atoms with Crippen molar-refractivity contribution in [3.63, 3.8) is 0 Å². The van der Waals surface area contributed by atoms with Gasteiger partial charge >= 0.3 is 23.9 Å². The topological polar surface area (TPSA) is 525 Å². The molecular formula is C84H108N7O26S+. The largest absolute Gasteiger partial charge is 0.481 e. The van der Waals surface area contributed by atoms with Gasteiger partial charge in [-0.25, -0.2) is 9.59 Å². The molecule has 0 spiro atoms. The van der Waals surface area contributed by atoms with E-state index in [0.29, 0.717) is 95.8 Å². The van der Waals surface area contributed by atoms with Crippen molar-refractivity contribution in [2.24, 2.45) is 5.92 Å². The molecule has 0 radical (unpaired) electrons. The third kappa shape index (κ3) is 24.0. The van der Waals surface area contributed by atoms with E-state index in [9.17, 15) is 107 Å². The van der Waals surface area contributed by atoms with Gasteiger partial charge in [-0.1, -0.05) is 106 Å². The molecule has 34 heteroatoms. The second-order valence-electron chi connectivity index (χ2n) is 31.4. The summed E-state index contributed by atoms with van der Waals surface area (Å²) >= 11 is 0. The second kappa shape index (κ2) is 41.6. The molecule has 1 aliphatic carbocycles. The highest BCUT2D eigenvalue weighted by atomic mass is 32.2. The smallest absolute Gasteiger partial charge is 0.326 e. The molecule has 5 amide bonds. The number of hydrogen-bond acceptors (Lipinski definition) is 23. The number of amides is 5. The third-order valence-corrected chi connectivity index (χ3v) is 22.9. The van der Waals surface area contributed by atoms with Gasteiger partial charge in [0, 0.05) is 73.2 Å². The zero-order valence-electron chi connectivity index (χ0n) is 66.2. The Balaban J connectivity index is 0.942. The summed E-state index contributed by atoms with van der Waals surface area (Å²) in [6.07, 6.45) is -1.23. The summed E-state index contributed by atoms with van der Waals surface area (Å²) in [6, 6.07) is 20.6. The predicted molar refractivity (Wildman–Crippen MR) is 425 cm³/mol. The molecule has 33 nitrogen and oxygen atoms in total. The number of urea groups is 1. The summed E-state index contributed by atoms with van der Waals surface area (Å²) in [5.41, 5.74) is 3.80. The molecule has 13 atom stereocenters. The van der Waals surface area contributed by atoms with E-state index < -0.39 is 179 Å². The van der Waals surface area contributed by atoms with E-state index in [-0.39, 0.29) is 76.0 Å². The van der Waals surface area contributed by atoms with Crippen molar-refractivity contribution in [2.75, 3.05) is 37.7 Å². The monoisotopic (exact) mass is 1660 g/mol. The quantitative estimate of drug-likeness (QED) is 0.0170. The highest BCUT2D eigenvalue weighted by Gasteiger charge is 2.49. The number of carbonyl (C=O) groups is 9. The molecule has 118 heavy (non-hydrogen) atoms. The first-order valence-corrected chi connectivity index (χ1v) is 41.0. The van der Waals surface area contributed by atoms with Gasteiger partial charge in [-0.15, -0.1) is 0 Å². The number of para-hydroxylation sites is 1. The number of anilines is 1. The van der Waals surface area contributed by atoms with Gasteiger partial charge < -0.3 is 102 Å². The van der Waals surface area contributed by atoms with E-state index in [4.69, 9.17) is 19.3 Å². The van der Waals surface area contributed by atoms with E-state index in [1.807, 2.05) is 44.2 Å². The van der Waals surface area contributed by atoms with Gasteiger partial charge in [-0.05, 0) is 142 Å². The number of unbranched alkanes of at least 4 members (excludes halogenated alkanes) is 5. The van der Waals surface area contributed by atoms with Gasteiger partial charge in [-0.3, -0.25) is 38.1 Å². The minimum absolute atomic E-state index is 0.0298. The third-order valence-electron chi connectivity index (χ3n) is 22.1. The van der Waals surface area contributed by atoms with Crippen molar-refractivity contribution in [2.45, 2.75) is 232 Å². The van der Waals surface area contributed by atoms with Crippen LogP contribution in [-0.4, -0.2) is 239 Å². The number of aliphatic hydroxyl groups excluding tert-OH is 8. The molecule has 4 aliphatic heterocycles. The van der Waals surface area contributed by atoms with Crippen LogP contribution in [-0.2, 0) is 81.6 Å². The van der Waals surface area contributed by atoms with Gasteiger partial charge in [0.25, 0.3) is 16.0 Å². The summed E-state index contributed by atoms with van der Waals surface area (Å²) in [7, 11) is -4.76. The minimum Gasteiger partial charge on any atom is -0.481 e. The SMILES string of the molecule is CC1(C)C(=CC=C2CCCC(C=CC3=[N+](CC(=O)NC4C(O)OC(CO)C(O)C4O)c4ccccc4C3(C)C)=C2Oc2ccc(C[C@H](CC(=O)[C@H](Cc3ccccc3)NC(=O)CCCCCCCCC(=O)CC[C@H](NC(=O)NCCCC(=O)O)C(=O)O)C(=O)O)cc2)N(CC(=O)NC2C(O)OC(CO)C(O)C2O)c2ccc(S(=O)(=O)O)cc21. The number of carboxylic acid groups (broad SMARTS) is 3. The number of aliphatic carboxylic acids is 3. The molecule has 4 aromatic rings. The number of benzene rings is 4. The average Bonchev–Trinajstić information content (AvgIpc) is 1.59. The molecular weight excluding hydrogens is 1560 g/mol. The molecule has 640 valence electrons. The number of allylic oxidation sites excluding steroid dienone is 7. The number of aliphatic hydroxyl groups is 8. The first-order valence-electron chi connectivity index (χ1n) is 39.5. The molecule has 0 saturated carbocycles. The van der Waals surface area contributed by atoms with Crippen molar-refractivity contribution in [1.82, 2.24) is 26.6 Å². The van der Waals surface area contributed by atoms with Crippen LogP contribution < -0.4 is 36.2 Å². The number of carbonyl (C=O) groups excluding carboxylic acids is 6. The number of fused-ring (bicyclic) bond motifs is 2. The van der Waals surface area contributed by atoms with E-state index in [1.165, 1.54) is 18.2 Å². The van der Waals surface area contributed by atoms with Crippen LogP contribution >= 0.6 is 0 Å². The van der Waals surface area contributed by atoms with Crippen LogP contribution in [0.15, 0.2) is 149 Å². The Morgan fingerprint density at radius 3 is 1.85 bits per heavy atom. The fourth-order valence-corrected chi connectivity index (χ4v) is 16.0. The van der Waals surface area contributed by atoms with Crippen LogP contribution in [0.5, 0.6) is 5.75 Å². The van der Waals surface area contributed by atoms with Crippen LogP contribution in [0, 0.1) is 5.92 Å². The maximum absolute atomic E-state index is 14.4. The van der Waals surface area contributed by atoms with E-state index in [1.54, 1.807) is 96.1 Å². The zero-order valence-corrected chi connectivity index (χ0v) is 67.0. The summed E-state index contributed by atoms with van der Waals surface area (Å²) in [5, 5.41) is 126. The number of Topliss-reactive ketones (excluding diaryl/α,β-unsaturated/α-hetero) is 2. The lowest BCUT2D eigenvalue weighted by molar-refractivity contribution is -0.425. The second-order valence-corrected chi connectivity index (χ2v) is 32.8. The standard InChI is InChI=1S/C84H107N7O26S/c1-83(2)56-23-14-15-24-60(56)90(44-68(97)88-71-75(103)73(101)63(46-92)116-80(71)109)65(83)37-29-50-20-16-21-51(30-38-66-84(3,4)57-43-55(118(112,113)114)34-36-61(57)91(66)45-69(98)89-72-76(104)74(102)64(47-93)117-81(72)110)77(50)115-54-32-27-49(28-33-54)40-52(78(105)106)42-62(95)59(41-48-18-10-9-11-19-48)86-67(96)25-13-8-6-5-7-12-22-53(94)31-35-58(79(107)108)87-82(111)85-39-17-26-70(99)100/h9-11,14-15,18-19,23-24,27-30,32-34,36-38,43,52,58-59,63-64,71-76,80-81,92-93,101-104,109-110H,5-8,12-13,16-17,20-22,25-26,31,35,39-42,44-47H2,1-4H3,(H8-,85,86,87,88,89,96,97,98,99,100,105,106,107,108,111,112,113,114)/p+1/t52-,58+,59+,63?,64?,71?,72?,73?,74?,75?,76?,80?,81?/m1/s1. The fraction of sp³-hybridized carbons (Fsp3) is 0.500. The van der Waals surface area contributed by atoms with Crippen LogP contribution in [0.3, 0.4) is 0 Å². The number of carboxylic acids is 3. The minimum atomic E-state index is -4.76. The van der Waals surface area contributed by atoms with Gasteiger partial charge in [0.15, 0.2) is 24.1 Å². The van der Waals surface area contributed by atoms with Gasteiger partial charge in [-0.2, -0.15) is 13.0 Å². The first-order chi connectivity index (χ1) is 56.0. The lowest BCUT2D eigenvalue weighted by atomic mass is 9.81. The summed E-state index contributed by atoms with van der Waals surface area (Å²) < 4.78 is 55.0. The maximum atomic E-state index is 14.4. The van der Waals surface area contributed by atoms with Gasteiger partial charge in [0.1, 0.15) is 78.6 Å². The number of ether oxygens (including phenoxy) is 3. The van der Waals surface area contributed by atoms with Crippen LogP contribution in [0.25, 0.3) is 0 Å². The lowest BCUT2D eigenvalue weighted by Gasteiger charge is -2.40. The van der Waals surface area contributed by atoms with Crippen molar-refractivity contribution >= 4 is 80.4 Å². The molecule has 4 heterocycles. The molecule has 2 fully saturated rings. The Bertz CT molecular complexity index is 4560. The van der Waals surface area contributed by atoms with Crippen molar-refractivity contribution in [3.05, 3.63) is 166 Å². The predicted octanol–water partition coefficient (Wildman–Crippen LogP) is 3.84. The van der Waals surface area contributed by atoms with E-state index >= 15 is 0 Å². The van der Waals surface area contributed by atoms with Crippen LogP contribution in [0.2, 0.25) is 0 Å². The first kappa shape index (κ1) is 91.9. The van der Waals surface area contributed by atoms with Gasteiger partial charge in [0.2, 0.25) is 24.0 Å². The number of nitrogens with one attached hydrogen (secondary N) is 5. The summed E-state index contributed by atoms with van der Waals surface area (Å²) in [5.74, 6) is -6.78. The molecule has 5 aliphatic rings. The summed E-state index contributed by atoms with van der Waals surface area (Å²) in [4.78, 5) is 118. The van der Waals surface area contributed by atoms with Gasteiger partial charge in [0.05, 0.1) is 35.5 Å². The fourth-order valence-electron chi connectivity index (χ4n) is 15.5. The number of rotatable bonds is 41. The number of hydrogen-bond donors (Lipinski definition) is 17. The Labute approximate surface area is 682 Å². The molecule has 9 rings (SSSR count). The van der Waals surface area contributed by atoms with E-state index in [2.05, 4.69) is 26.6 Å². The molecule has 17 N–H and O–H groups in total. The van der Waals surface area contributed by atoms with E-state index in [0.717, 1.165) is 24.0 Å². The maximum Gasteiger partial charge on any atom is 0.326 e. The highest BCUT2D eigenvalue weighted by molar-refractivity contribution is 7.85. The molecule has 10 unspecified atom stereocenters. The van der Waals surface area contributed by atoms with Crippen molar-refractivity contribution in [1.29, 1.82) is 0 Å². The lowest BCUT2D eigenvalue weighted by Crippen LogP contribution is -2.64. The summed E-state index contributed by atoms with van der Waals surface area (Å²) in [6.45, 7) is 5.14. The highest BCUT2D eigenvalue weighted by Crippen LogP contribution is 2.49. The van der Waals surface area contributed by atoms with Crippen LogP contribution in [0.4, 0.5) is 16.2 Å². The molecule has 0 aromatic heterocycles. The van der Waals surface area contributed by atoms with Crippen LogP contribution in [0.1, 0.15) is 153 Å². The molecule has 0 bridgehead atoms. The Kier molecular flexibility index (Phi) is 32.4. The molecule has 4 aromatic carbocycles. The Morgan fingerprint density at radius 1 is 0.619 bits per heavy atom. The zero-order chi connectivity index (χ0) is 85.9. The van der Waals surface area contributed by atoms with Crippen molar-refractivity contribution in [3.8, 4) is 5.75 Å². The Hall–Kier alpha value is -9.95. The number of ketones is 2.